The van der Waals surface area contributed by atoms with Gasteiger partial charge in [-0.25, -0.2) is 4.98 Å². The van der Waals surface area contributed by atoms with Crippen LogP contribution in [0, 0.1) is 12.8 Å². The van der Waals surface area contributed by atoms with Gasteiger partial charge in [0.15, 0.2) is 0 Å². The smallest absolute Gasteiger partial charge is 0.232 e. The number of imidazole rings is 1. The van der Waals surface area contributed by atoms with Gasteiger partial charge in [-0.2, -0.15) is 0 Å². The molecule has 1 aliphatic carbocycles. The highest BCUT2D eigenvalue weighted by atomic mass is 16.2. The van der Waals surface area contributed by atoms with E-state index in [4.69, 9.17) is 0 Å². The van der Waals surface area contributed by atoms with Crippen LogP contribution in [0.5, 0.6) is 0 Å². The third kappa shape index (κ3) is 2.77. The standard InChI is InChI=1S/C17H23N7O2/c1-10-20-21-17(23(10)3)19-16(26)12-6-7-13(25)24(11-4-5-11)14(12)15-18-8-9-22(15)2/h8-9,11-12,14H,4-7H2,1-3H3,(H,19,21,26)/t12-,14-/m0/s1. The van der Waals surface area contributed by atoms with Crippen molar-refractivity contribution in [2.45, 2.75) is 44.7 Å². The maximum atomic E-state index is 13.1. The number of anilines is 1. The maximum Gasteiger partial charge on any atom is 0.232 e. The Morgan fingerprint density at radius 3 is 2.58 bits per heavy atom. The first kappa shape index (κ1) is 16.7. The Morgan fingerprint density at radius 2 is 2.00 bits per heavy atom. The molecule has 2 aliphatic rings. The molecule has 2 amide bonds. The Kier molecular flexibility index (Phi) is 4.01. The minimum Gasteiger partial charge on any atom is -0.336 e. The molecule has 2 aromatic rings. The number of likely N-dealkylation sites (tertiary alicyclic amines) is 1. The van der Waals surface area contributed by atoms with E-state index in [1.54, 1.807) is 10.8 Å². The quantitative estimate of drug-likeness (QED) is 0.878. The van der Waals surface area contributed by atoms with Crippen LogP contribution in [-0.4, -0.2) is 47.1 Å². The molecule has 0 aromatic carbocycles. The molecular formula is C17H23N7O2. The van der Waals surface area contributed by atoms with Crippen molar-refractivity contribution in [3.8, 4) is 0 Å². The molecule has 26 heavy (non-hydrogen) atoms. The van der Waals surface area contributed by atoms with E-state index in [0.29, 0.717) is 18.8 Å². The minimum absolute atomic E-state index is 0.110. The summed E-state index contributed by atoms with van der Waals surface area (Å²) in [5.41, 5.74) is 0. The summed E-state index contributed by atoms with van der Waals surface area (Å²) in [6, 6.07) is -0.130. The molecular weight excluding hydrogens is 334 g/mol. The van der Waals surface area contributed by atoms with E-state index in [-0.39, 0.29) is 29.8 Å². The van der Waals surface area contributed by atoms with Crippen molar-refractivity contribution < 1.29 is 9.59 Å². The Morgan fingerprint density at radius 1 is 1.23 bits per heavy atom. The van der Waals surface area contributed by atoms with Crippen LogP contribution in [0.25, 0.3) is 0 Å². The first-order chi connectivity index (χ1) is 12.5. The number of amides is 2. The molecule has 1 N–H and O–H groups in total. The fourth-order valence-corrected chi connectivity index (χ4v) is 3.66. The molecule has 0 radical (unpaired) electrons. The van der Waals surface area contributed by atoms with Crippen molar-refractivity contribution >= 4 is 17.8 Å². The molecule has 2 atom stereocenters. The van der Waals surface area contributed by atoms with Gasteiger partial charge in [0.25, 0.3) is 0 Å². The second-order valence-corrected chi connectivity index (χ2v) is 7.14. The molecule has 0 bridgehead atoms. The molecule has 9 nitrogen and oxygen atoms in total. The normalized spacial score (nSPS) is 23.3. The highest BCUT2D eigenvalue weighted by Crippen LogP contribution is 2.43. The maximum absolute atomic E-state index is 13.1. The van der Waals surface area contributed by atoms with Crippen LogP contribution >= 0.6 is 0 Å². The summed E-state index contributed by atoms with van der Waals surface area (Å²) in [6.07, 6.45) is 6.42. The lowest BCUT2D eigenvalue weighted by atomic mass is 9.87. The molecule has 4 rings (SSSR count). The lowest BCUT2D eigenvalue weighted by molar-refractivity contribution is -0.143. The molecule has 0 spiro atoms. The van der Waals surface area contributed by atoms with Gasteiger partial charge in [-0.15, -0.1) is 10.2 Å². The molecule has 1 aliphatic heterocycles. The number of aromatic nitrogens is 5. The summed E-state index contributed by atoms with van der Waals surface area (Å²) in [5.74, 6) is 1.48. The topological polar surface area (TPSA) is 97.9 Å². The van der Waals surface area contributed by atoms with Crippen molar-refractivity contribution in [3.63, 3.8) is 0 Å². The van der Waals surface area contributed by atoms with Gasteiger partial charge in [0.1, 0.15) is 17.7 Å². The van der Waals surface area contributed by atoms with Crippen molar-refractivity contribution in [2.24, 2.45) is 20.0 Å². The summed E-state index contributed by atoms with van der Waals surface area (Å²) in [5, 5.41) is 10.9. The molecule has 0 unspecified atom stereocenters. The molecule has 2 aromatic heterocycles. The van der Waals surface area contributed by atoms with Gasteiger partial charge < -0.3 is 14.0 Å². The average Bonchev–Trinajstić information content (AvgIpc) is 3.29. The zero-order valence-corrected chi connectivity index (χ0v) is 15.2. The number of piperidine rings is 1. The zero-order chi connectivity index (χ0) is 18.4. The predicted octanol–water partition coefficient (Wildman–Crippen LogP) is 0.938. The molecule has 1 saturated carbocycles. The van der Waals surface area contributed by atoms with Crippen LogP contribution in [0.3, 0.4) is 0 Å². The number of nitrogens with zero attached hydrogens (tertiary/aromatic N) is 6. The molecule has 2 fully saturated rings. The first-order valence-electron chi connectivity index (χ1n) is 8.92. The molecule has 138 valence electrons. The Bertz CT molecular complexity index is 851. The lowest BCUT2D eigenvalue weighted by Gasteiger charge is -2.40. The molecule has 9 heteroatoms. The third-order valence-electron chi connectivity index (χ3n) is 5.37. The van der Waals surface area contributed by atoms with E-state index in [2.05, 4.69) is 20.5 Å². The first-order valence-corrected chi connectivity index (χ1v) is 8.92. The van der Waals surface area contributed by atoms with Gasteiger partial charge in [0.05, 0.1) is 5.92 Å². The summed E-state index contributed by atoms with van der Waals surface area (Å²) < 4.78 is 3.63. The summed E-state index contributed by atoms with van der Waals surface area (Å²) in [6.45, 7) is 1.83. The molecule has 3 heterocycles. The fraction of sp³-hybridized carbons (Fsp3) is 0.588. The van der Waals surface area contributed by atoms with Crippen LogP contribution in [0.2, 0.25) is 0 Å². The van der Waals surface area contributed by atoms with Crippen molar-refractivity contribution in [1.82, 2.24) is 29.2 Å². The SMILES string of the molecule is Cc1nnc(NC(=O)[C@H]2CCC(=O)N(C3CC3)[C@@H]2c2nccn2C)n1C. The number of carbonyl (C=O) groups excluding carboxylic acids is 2. The van der Waals surface area contributed by atoms with Crippen LogP contribution in [0.1, 0.15) is 43.4 Å². The van der Waals surface area contributed by atoms with Crippen molar-refractivity contribution in [3.05, 3.63) is 24.0 Å². The highest BCUT2D eigenvalue weighted by Gasteiger charge is 2.48. The van der Waals surface area contributed by atoms with Crippen LogP contribution in [0.4, 0.5) is 5.95 Å². The van der Waals surface area contributed by atoms with Crippen LogP contribution in [-0.2, 0) is 23.7 Å². The van der Waals surface area contributed by atoms with Crippen molar-refractivity contribution in [1.29, 1.82) is 0 Å². The van der Waals surface area contributed by atoms with Gasteiger partial charge >= 0.3 is 0 Å². The largest absolute Gasteiger partial charge is 0.336 e. The average molecular weight is 357 g/mol. The van der Waals surface area contributed by atoms with Gasteiger partial charge in [0, 0.05) is 39.0 Å². The fourth-order valence-electron chi connectivity index (χ4n) is 3.66. The molecule has 1 saturated heterocycles. The van der Waals surface area contributed by atoms with E-state index in [0.717, 1.165) is 24.5 Å². The second-order valence-electron chi connectivity index (χ2n) is 7.14. The highest BCUT2D eigenvalue weighted by molar-refractivity contribution is 5.93. The van der Waals surface area contributed by atoms with E-state index in [1.165, 1.54) is 0 Å². The van der Waals surface area contributed by atoms with Crippen molar-refractivity contribution in [2.75, 3.05) is 5.32 Å². The summed E-state index contributed by atoms with van der Waals surface area (Å²) in [4.78, 5) is 32.0. The Labute approximate surface area is 151 Å². The number of hydrogen-bond donors (Lipinski definition) is 1. The Balaban J connectivity index is 1.66. The minimum atomic E-state index is -0.369. The Hall–Kier alpha value is -2.71. The van der Waals surface area contributed by atoms with E-state index < -0.39 is 0 Å². The van der Waals surface area contributed by atoms with Gasteiger partial charge in [-0.3, -0.25) is 14.9 Å². The number of carbonyl (C=O) groups is 2. The van der Waals surface area contributed by atoms with E-state index >= 15 is 0 Å². The summed E-state index contributed by atoms with van der Waals surface area (Å²) >= 11 is 0. The number of rotatable bonds is 4. The number of aryl methyl sites for hydroxylation is 2. The van der Waals surface area contributed by atoms with E-state index in [9.17, 15) is 9.59 Å². The van der Waals surface area contributed by atoms with Crippen LogP contribution < -0.4 is 5.32 Å². The van der Waals surface area contributed by atoms with Gasteiger partial charge in [-0.1, -0.05) is 0 Å². The van der Waals surface area contributed by atoms with Gasteiger partial charge in [0.2, 0.25) is 17.8 Å². The second kappa shape index (κ2) is 6.22. The zero-order valence-electron chi connectivity index (χ0n) is 15.2. The number of nitrogens with one attached hydrogen (secondary N) is 1. The lowest BCUT2D eigenvalue weighted by Crippen LogP contribution is -2.48. The third-order valence-corrected chi connectivity index (χ3v) is 5.37. The van der Waals surface area contributed by atoms with Crippen LogP contribution in [0.15, 0.2) is 12.4 Å². The summed E-state index contributed by atoms with van der Waals surface area (Å²) in [7, 11) is 3.70. The predicted molar refractivity (Wildman–Crippen MR) is 92.9 cm³/mol. The van der Waals surface area contributed by atoms with E-state index in [1.807, 2.05) is 36.7 Å². The number of hydrogen-bond acceptors (Lipinski definition) is 5. The van der Waals surface area contributed by atoms with Gasteiger partial charge in [-0.05, 0) is 26.2 Å². The monoisotopic (exact) mass is 357 g/mol.